The third-order valence-electron chi connectivity index (χ3n) is 8.91. The zero-order chi connectivity index (χ0) is 28.6. The summed E-state index contributed by atoms with van der Waals surface area (Å²) < 4.78 is 85.4. The van der Waals surface area contributed by atoms with Gasteiger partial charge >= 0.3 is 18.3 Å². The van der Waals surface area contributed by atoms with Crippen molar-refractivity contribution in [2.24, 2.45) is 17.3 Å². The van der Waals surface area contributed by atoms with Crippen molar-refractivity contribution < 1.29 is 41.0 Å². The van der Waals surface area contributed by atoms with Gasteiger partial charge in [-0.25, -0.2) is 0 Å². The van der Waals surface area contributed by atoms with Crippen LogP contribution in [0.2, 0.25) is 0 Å². The molecule has 2 bridgehead atoms. The van der Waals surface area contributed by atoms with Gasteiger partial charge in [-0.2, -0.15) is 26.3 Å². The molecule has 216 valence electrons. The third-order valence-corrected chi connectivity index (χ3v) is 8.91. The number of carbonyl (C=O) groups is 1. The Morgan fingerprint density at radius 2 is 1.66 bits per heavy atom. The molecule has 1 aromatic rings. The lowest BCUT2D eigenvalue weighted by Gasteiger charge is -2.39. The molecule has 0 saturated heterocycles. The molecule has 0 amide bonds. The molecule has 4 atom stereocenters. The van der Waals surface area contributed by atoms with Crippen LogP contribution >= 0.6 is 0 Å². The molecule has 3 nitrogen and oxygen atoms in total. The molecule has 9 heteroatoms. The van der Waals surface area contributed by atoms with Crippen LogP contribution in [-0.4, -0.2) is 29.0 Å². The van der Waals surface area contributed by atoms with Crippen molar-refractivity contribution >= 4 is 5.97 Å². The number of aliphatic hydroxyl groups is 1. The first-order chi connectivity index (χ1) is 17.5. The molecule has 2 aliphatic carbocycles. The molecule has 0 spiro atoms. The summed E-state index contributed by atoms with van der Waals surface area (Å²) in [7, 11) is 0. The topological polar surface area (TPSA) is 46.5 Å². The molecule has 0 heterocycles. The van der Waals surface area contributed by atoms with Crippen LogP contribution in [0.25, 0.3) is 0 Å². The third kappa shape index (κ3) is 5.87. The SMILES string of the molecule is CCCC1(OC(=O)C(C)(C)CCCC(CC)c2ccc(C(O)(C(F)(F)F)C(F)(F)F)cc2)CC2CCC1C2. The highest BCUT2D eigenvalue weighted by molar-refractivity contribution is 5.76. The molecule has 2 fully saturated rings. The van der Waals surface area contributed by atoms with Crippen molar-refractivity contribution in [3.63, 3.8) is 0 Å². The number of ether oxygens (including phenoxy) is 1. The Bertz CT molecular complexity index is 939. The molecule has 0 aromatic heterocycles. The zero-order valence-corrected chi connectivity index (χ0v) is 22.6. The zero-order valence-electron chi connectivity index (χ0n) is 22.6. The molecular formula is C29H40F6O3. The Morgan fingerprint density at radius 3 is 2.11 bits per heavy atom. The van der Waals surface area contributed by atoms with Gasteiger partial charge in [0, 0.05) is 5.56 Å². The first-order valence-corrected chi connectivity index (χ1v) is 13.7. The monoisotopic (exact) mass is 550 g/mol. The minimum Gasteiger partial charge on any atom is -0.458 e. The predicted octanol–water partition coefficient (Wildman–Crippen LogP) is 8.59. The molecule has 2 aliphatic rings. The van der Waals surface area contributed by atoms with Gasteiger partial charge in [0.15, 0.2) is 0 Å². The number of fused-ring (bicyclic) bond motifs is 2. The van der Waals surface area contributed by atoms with E-state index in [4.69, 9.17) is 4.74 Å². The lowest BCUT2D eigenvalue weighted by molar-refractivity contribution is -0.376. The second-order valence-corrected chi connectivity index (χ2v) is 12.0. The second-order valence-electron chi connectivity index (χ2n) is 12.0. The average molecular weight is 551 g/mol. The van der Waals surface area contributed by atoms with E-state index < -0.39 is 28.9 Å². The molecule has 0 radical (unpaired) electrons. The van der Waals surface area contributed by atoms with Crippen molar-refractivity contribution in [1.29, 1.82) is 0 Å². The van der Waals surface area contributed by atoms with Crippen molar-refractivity contribution in [3.8, 4) is 0 Å². The van der Waals surface area contributed by atoms with Crippen LogP contribution in [0.4, 0.5) is 26.3 Å². The summed E-state index contributed by atoms with van der Waals surface area (Å²) in [6.45, 7) is 7.74. The van der Waals surface area contributed by atoms with Gasteiger partial charge in [0.2, 0.25) is 0 Å². The van der Waals surface area contributed by atoms with Gasteiger partial charge in [0.05, 0.1) is 5.41 Å². The number of carbonyl (C=O) groups excluding carboxylic acids is 1. The molecule has 0 aliphatic heterocycles. The quantitative estimate of drug-likeness (QED) is 0.222. The van der Waals surface area contributed by atoms with E-state index >= 15 is 0 Å². The van der Waals surface area contributed by atoms with Crippen LogP contribution in [0.5, 0.6) is 0 Å². The van der Waals surface area contributed by atoms with Crippen LogP contribution in [0.1, 0.15) is 109 Å². The van der Waals surface area contributed by atoms with Gasteiger partial charge in [-0.3, -0.25) is 4.79 Å². The highest BCUT2D eigenvalue weighted by Gasteiger charge is 2.71. The van der Waals surface area contributed by atoms with Crippen molar-refractivity contribution in [3.05, 3.63) is 35.4 Å². The highest BCUT2D eigenvalue weighted by atomic mass is 19.4. The maximum atomic E-state index is 13.3. The van der Waals surface area contributed by atoms with E-state index in [0.29, 0.717) is 55.2 Å². The smallest absolute Gasteiger partial charge is 0.430 e. The number of halogens is 6. The fourth-order valence-electron chi connectivity index (χ4n) is 6.61. The Morgan fingerprint density at radius 1 is 1.05 bits per heavy atom. The maximum absolute atomic E-state index is 13.3. The van der Waals surface area contributed by atoms with E-state index in [1.807, 2.05) is 20.8 Å². The first-order valence-electron chi connectivity index (χ1n) is 13.7. The summed E-state index contributed by atoms with van der Waals surface area (Å²) in [4.78, 5) is 13.3. The van der Waals surface area contributed by atoms with E-state index in [9.17, 15) is 36.2 Å². The van der Waals surface area contributed by atoms with E-state index in [-0.39, 0.29) is 17.5 Å². The lowest BCUT2D eigenvalue weighted by Crippen LogP contribution is -2.53. The minimum absolute atomic E-state index is 0.113. The number of rotatable bonds is 11. The van der Waals surface area contributed by atoms with E-state index in [0.717, 1.165) is 32.1 Å². The van der Waals surface area contributed by atoms with Crippen molar-refractivity contribution in [2.45, 2.75) is 121 Å². The number of alkyl halides is 6. The van der Waals surface area contributed by atoms with Crippen molar-refractivity contribution in [2.75, 3.05) is 0 Å². The number of hydrogen-bond donors (Lipinski definition) is 1. The van der Waals surface area contributed by atoms with Crippen LogP contribution in [0, 0.1) is 17.3 Å². The molecule has 2 saturated carbocycles. The van der Waals surface area contributed by atoms with E-state index in [2.05, 4.69) is 6.92 Å². The Balaban J connectivity index is 1.63. The molecule has 4 unspecified atom stereocenters. The van der Waals surface area contributed by atoms with Gasteiger partial charge in [0.25, 0.3) is 5.60 Å². The predicted molar refractivity (Wildman–Crippen MR) is 132 cm³/mol. The van der Waals surface area contributed by atoms with Crippen LogP contribution in [-0.2, 0) is 15.1 Å². The summed E-state index contributed by atoms with van der Waals surface area (Å²) in [5.41, 5.74) is -6.66. The molecule has 1 aromatic carbocycles. The van der Waals surface area contributed by atoms with Gasteiger partial charge in [-0.1, -0.05) is 51.0 Å². The fourth-order valence-corrected chi connectivity index (χ4v) is 6.61. The normalized spacial score (nSPS) is 25.0. The van der Waals surface area contributed by atoms with Gasteiger partial charge in [-0.15, -0.1) is 0 Å². The number of benzene rings is 1. The van der Waals surface area contributed by atoms with Gasteiger partial charge < -0.3 is 9.84 Å². The molecular weight excluding hydrogens is 510 g/mol. The summed E-state index contributed by atoms with van der Waals surface area (Å²) in [5, 5.41) is 9.62. The number of esters is 1. The van der Waals surface area contributed by atoms with Gasteiger partial charge in [0.1, 0.15) is 5.60 Å². The minimum atomic E-state index is -5.91. The Labute approximate surface area is 221 Å². The summed E-state index contributed by atoms with van der Waals surface area (Å²) in [5.74, 6) is 0.765. The van der Waals surface area contributed by atoms with E-state index in [1.54, 1.807) is 0 Å². The van der Waals surface area contributed by atoms with E-state index in [1.165, 1.54) is 18.6 Å². The van der Waals surface area contributed by atoms with Crippen LogP contribution in [0.3, 0.4) is 0 Å². The van der Waals surface area contributed by atoms with Crippen molar-refractivity contribution in [1.82, 2.24) is 0 Å². The second kappa shape index (κ2) is 11.0. The van der Waals surface area contributed by atoms with Crippen LogP contribution in [0.15, 0.2) is 24.3 Å². The maximum Gasteiger partial charge on any atom is 0.430 e. The largest absolute Gasteiger partial charge is 0.458 e. The average Bonchev–Trinajstić information content (AvgIpc) is 3.41. The number of hydrogen-bond acceptors (Lipinski definition) is 3. The molecule has 3 rings (SSSR count). The summed E-state index contributed by atoms with van der Waals surface area (Å²) in [6, 6.07) is 3.83. The highest BCUT2D eigenvalue weighted by Crippen LogP contribution is 2.55. The Kier molecular flexibility index (Phi) is 8.91. The standard InChI is InChI=1S/C29H40F6O3/c1-5-15-26(18-19-9-12-23(26)17-19)38-24(36)25(3,4)16-7-8-20(6-2)21-10-13-22(14-11-21)27(37,28(30,31)32)29(33,34)35/h10-11,13-14,19-20,23,37H,5-9,12,15-18H2,1-4H3. The summed E-state index contributed by atoms with van der Waals surface area (Å²) in [6.07, 6.45) is -3.17. The lowest BCUT2D eigenvalue weighted by atomic mass is 9.79. The molecule has 38 heavy (non-hydrogen) atoms. The first kappa shape index (κ1) is 30.8. The van der Waals surface area contributed by atoms with Crippen LogP contribution < -0.4 is 0 Å². The van der Waals surface area contributed by atoms with Gasteiger partial charge in [-0.05, 0) is 88.5 Å². The molecule has 1 N–H and O–H groups in total. The Hall–Kier alpha value is -1.77. The fraction of sp³-hybridized carbons (Fsp3) is 0.759. The summed E-state index contributed by atoms with van der Waals surface area (Å²) >= 11 is 0.